The second-order valence-corrected chi connectivity index (χ2v) is 9.10. The summed E-state index contributed by atoms with van der Waals surface area (Å²) in [6.45, 7) is 4.52. The Balaban J connectivity index is 1.58. The zero-order valence-corrected chi connectivity index (χ0v) is 18.7. The molecule has 0 fully saturated rings. The molecule has 0 atom stereocenters. The van der Waals surface area contributed by atoms with Gasteiger partial charge in [0, 0.05) is 41.9 Å². The molecule has 1 aliphatic carbocycles. The number of likely N-dealkylation sites (N-methyl/N-ethyl adjacent to an activating group) is 2. The van der Waals surface area contributed by atoms with Gasteiger partial charge in [0.1, 0.15) is 12.2 Å². The van der Waals surface area contributed by atoms with E-state index in [2.05, 4.69) is 39.8 Å². The fourth-order valence-corrected chi connectivity index (χ4v) is 4.19. The lowest BCUT2D eigenvalue weighted by Gasteiger charge is -2.28. The summed E-state index contributed by atoms with van der Waals surface area (Å²) in [7, 11) is 4.52. The van der Waals surface area contributed by atoms with Crippen LogP contribution in [-0.2, 0) is 22.4 Å². The van der Waals surface area contributed by atoms with Crippen molar-refractivity contribution in [3.8, 4) is 11.4 Å². The van der Waals surface area contributed by atoms with Gasteiger partial charge < -0.3 is 19.5 Å². The highest BCUT2D eigenvalue weighted by atomic mass is 16.5. The van der Waals surface area contributed by atoms with Crippen LogP contribution in [0.1, 0.15) is 31.5 Å². The molecule has 8 heteroatoms. The van der Waals surface area contributed by atoms with Gasteiger partial charge in [0.15, 0.2) is 0 Å². The highest BCUT2D eigenvalue weighted by molar-refractivity contribution is 5.98. The SMILES string of the molecule is COC(=O)N(C)CC(=O)N(C)c1ccc2cc(-c3n[nH]c4c3CCC(C)(C)C4)[nH]c2c1. The summed E-state index contributed by atoms with van der Waals surface area (Å²) in [5, 5.41) is 8.89. The van der Waals surface area contributed by atoms with E-state index in [0.717, 1.165) is 47.2 Å². The molecule has 0 aliphatic heterocycles. The molecule has 2 N–H and O–H groups in total. The number of hydrogen-bond acceptors (Lipinski definition) is 4. The van der Waals surface area contributed by atoms with Crippen molar-refractivity contribution in [1.29, 1.82) is 0 Å². The molecule has 0 bridgehead atoms. The molecule has 2 aromatic heterocycles. The van der Waals surface area contributed by atoms with Crippen molar-refractivity contribution in [2.75, 3.05) is 32.6 Å². The Morgan fingerprint density at radius 1 is 1.23 bits per heavy atom. The monoisotopic (exact) mass is 423 g/mol. The van der Waals surface area contributed by atoms with Gasteiger partial charge in [0.25, 0.3) is 0 Å². The normalized spacial score (nSPS) is 14.9. The molecule has 3 aromatic rings. The fourth-order valence-electron chi connectivity index (χ4n) is 4.19. The van der Waals surface area contributed by atoms with Gasteiger partial charge >= 0.3 is 6.09 Å². The van der Waals surface area contributed by atoms with Crippen molar-refractivity contribution in [3.05, 3.63) is 35.5 Å². The minimum atomic E-state index is -0.545. The zero-order chi connectivity index (χ0) is 22.3. The molecule has 164 valence electrons. The largest absolute Gasteiger partial charge is 0.453 e. The minimum Gasteiger partial charge on any atom is -0.453 e. The number of ether oxygens (including phenoxy) is 1. The van der Waals surface area contributed by atoms with Crippen LogP contribution in [0.25, 0.3) is 22.3 Å². The second-order valence-electron chi connectivity index (χ2n) is 9.10. The number of rotatable bonds is 4. The molecule has 4 rings (SSSR count). The summed E-state index contributed by atoms with van der Waals surface area (Å²) < 4.78 is 4.65. The molecule has 1 aliphatic rings. The Kier molecular flexibility index (Phi) is 5.24. The Morgan fingerprint density at radius 2 is 2.00 bits per heavy atom. The molecule has 2 heterocycles. The number of aromatic amines is 2. The number of carbonyl (C=O) groups is 2. The molecule has 0 saturated heterocycles. The maximum Gasteiger partial charge on any atom is 0.409 e. The maximum absolute atomic E-state index is 12.6. The van der Waals surface area contributed by atoms with Crippen molar-refractivity contribution < 1.29 is 14.3 Å². The van der Waals surface area contributed by atoms with Crippen LogP contribution in [0.2, 0.25) is 0 Å². The molecule has 8 nitrogen and oxygen atoms in total. The van der Waals surface area contributed by atoms with E-state index in [0.29, 0.717) is 5.41 Å². The number of H-pyrrole nitrogens is 2. The van der Waals surface area contributed by atoms with Gasteiger partial charge in [-0.25, -0.2) is 4.79 Å². The van der Waals surface area contributed by atoms with E-state index in [4.69, 9.17) is 0 Å². The number of anilines is 1. The van der Waals surface area contributed by atoms with Crippen LogP contribution in [0.4, 0.5) is 10.5 Å². The number of hydrogen-bond donors (Lipinski definition) is 2. The third-order valence-corrected chi connectivity index (χ3v) is 6.14. The van der Waals surface area contributed by atoms with Gasteiger partial charge in [-0.05, 0) is 42.9 Å². The van der Waals surface area contributed by atoms with Crippen molar-refractivity contribution in [1.82, 2.24) is 20.1 Å². The number of fused-ring (bicyclic) bond motifs is 2. The predicted molar refractivity (Wildman–Crippen MR) is 120 cm³/mol. The number of aromatic nitrogens is 3. The van der Waals surface area contributed by atoms with E-state index < -0.39 is 6.09 Å². The average Bonchev–Trinajstić information content (AvgIpc) is 3.34. The molecule has 31 heavy (non-hydrogen) atoms. The number of nitrogens with one attached hydrogen (secondary N) is 2. The van der Waals surface area contributed by atoms with E-state index in [-0.39, 0.29) is 12.5 Å². The van der Waals surface area contributed by atoms with Crippen LogP contribution >= 0.6 is 0 Å². The quantitative estimate of drug-likeness (QED) is 0.668. The Morgan fingerprint density at radius 3 is 2.74 bits per heavy atom. The Labute approximate surface area is 181 Å². The lowest BCUT2D eigenvalue weighted by Crippen LogP contribution is -2.39. The zero-order valence-electron chi connectivity index (χ0n) is 18.7. The Hall–Kier alpha value is -3.29. The van der Waals surface area contributed by atoms with Gasteiger partial charge in [-0.1, -0.05) is 19.9 Å². The van der Waals surface area contributed by atoms with Crippen molar-refractivity contribution in [2.45, 2.75) is 33.1 Å². The molecule has 1 aromatic carbocycles. The molecule has 0 unspecified atom stereocenters. The van der Waals surface area contributed by atoms with E-state index >= 15 is 0 Å². The van der Waals surface area contributed by atoms with Gasteiger partial charge in [-0.2, -0.15) is 5.10 Å². The highest BCUT2D eigenvalue weighted by Gasteiger charge is 2.29. The molecule has 0 spiro atoms. The molecular formula is C23H29N5O3. The van der Waals surface area contributed by atoms with Gasteiger partial charge in [-0.15, -0.1) is 0 Å². The summed E-state index contributed by atoms with van der Waals surface area (Å²) in [6.07, 6.45) is 2.62. The molecule has 0 radical (unpaired) electrons. The fraction of sp³-hybridized carbons (Fsp3) is 0.435. The first-order chi connectivity index (χ1) is 14.7. The molecule has 2 amide bonds. The standard InChI is InChI=1S/C23H29N5O3/c1-23(2)9-8-16-19(12-23)25-26-21(16)18-10-14-6-7-15(11-17(14)24-18)28(4)20(29)13-27(3)22(30)31-5/h6-7,10-11,24H,8-9,12-13H2,1-5H3,(H,25,26). The Bertz CT molecular complexity index is 1140. The summed E-state index contributed by atoms with van der Waals surface area (Å²) in [6, 6.07) is 7.93. The van der Waals surface area contributed by atoms with Crippen LogP contribution in [-0.4, -0.2) is 59.8 Å². The number of benzene rings is 1. The first kappa shape index (κ1) is 21.0. The number of carbonyl (C=O) groups excluding carboxylic acids is 2. The first-order valence-electron chi connectivity index (χ1n) is 10.4. The van der Waals surface area contributed by atoms with E-state index in [1.165, 1.54) is 35.2 Å². The van der Waals surface area contributed by atoms with Crippen LogP contribution in [0.15, 0.2) is 24.3 Å². The van der Waals surface area contributed by atoms with E-state index in [1.54, 1.807) is 7.05 Å². The lowest BCUT2D eigenvalue weighted by atomic mass is 9.76. The third-order valence-electron chi connectivity index (χ3n) is 6.14. The summed E-state index contributed by atoms with van der Waals surface area (Å²) in [5.74, 6) is -0.206. The maximum atomic E-state index is 12.6. The summed E-state index contributed by atoms with van der Waals surface area (Å²) >= 11 is 0. The van der Waals surface area contributed by atoms with E-state index in [1.807, 2.05) is 18.2 Å². The van der Waals surface area contributed by atoms with Gasteiger partial charge in [0.2, 0.25) is 5.91 Å². The number of methoxy groups -OCH3 is 1. The highest BCUT2D eigenvalue weighted by Crippen LogP contribution is 2.38. The van der Waals surface area contributed by atoms with Crippen LogP contribution in [0.3, 0.4) is 0 Å². The number of amides is 2. The van der Waals surface area contributed by atoms with Crippen molar-refractivity contribution >= 4 is 28.6 Å². The van der Waals surface area contributed by atoms with Gasteiger partial charge in [0.05, 0.1) is 12.8 Å². The van der Waals surface area contributed by atoms with Crippen molar-refractivity contribution in [3.63, 3.8) is 0 Å². The number of nitrogens with zero attached hydrogens (tertiary/aromatic N) is 3. The topological polar surface area (TPSA) is 94.3 Å². The van der Waals surface area contributed by atoms with Crippen molar-refractivity contribution in [2.24, 2.45) is 5.41 Å². The average molecular weight is 424 g/mol. The van der Waals surface area contributed by atoms with Gasteiger partial charge in [-0.3, -0.25) is 9.89 Å². The molecule has 0 saturated carbocycles. The summed E-state index contributed by atoms with van der Waals surface area (Å²) in [4.78, 5) is 30.4. The predicted octanol–water partition coefficient (Wildman–Crippen LogP) is 3.73. The first-order valence-corrected chi connectivity index (χ1v) is 10.4. The van der Waals surface area contributed by atoms with E-state index in [9.17, 15) is 9.59 Å². The van der Waals surface area contributed by atoms with Crippen LogP contribution < -0.4 is 4.90 Å². The minimum absolute atomic E-state index is 0.0626. The van der Waals surface area contributed by atoms with Crippen LogP contribution in [0, 0.1) is 5.41 Å². The van der Waals surface area contributed by atoms with Crippen LogP contribution in [0.5, 0.6) is 0 Å². The summed E-state index contributed by atoms with van der Waals surface area (Å²) in [5.41, 5.74) is 6.45. The smallest absolute Gasteiger partial charge is 0.409 e. The third kappa shape index (κ3) is 4.02. The molecular weight excluding hydrogens is 394 g/mol. The second kappa shape index (κ2) is 7.76. The lowest BCUT2D eigenvalue weighted by molar-refractivity contribution is -0.118.